The van der Waals surface area contributed by atoms with Gasteiger partial charge in [-0.15, -0.1) is 0 Å². The molecule has 118 valence electrons. The Balaban J connectivity index is 2.01. The summed E-state index contributed by atoms with van der Waals surface area (Å²) < 4.78 is 0. The van der Waals surface area contributed by atoms with Crippen LogP contribution in [0.1, 0.15) is 23.1 Å². The Bertz CT molecular complexity index is 916. The summed E-state index contributed by atoms with van der Waals surface area (Å²) in [5.74, 6) is 0. The van der Waals surface area contributed by atoms with E-state index in [1.54, 1.807) is 0 Å². The topological polar surface area (TPSA) is 20.2 Å². The summed E-state index contributed by atoms with van der Waals surface area (Å²) in [6.45, 7) is 0.0805. The van der Waals surface area contributed by atoms with E-state index in [9.17, 15) is 5.11 Å². The molecule has 3 aromatic rings. The maximum atomic E-state index is 9.62. The van der Waals surface area contributed by atoms with Crippen LogP contribution in [0.25, 0.3) is 12.2 Å². The van der Waals surface area contributed by atoms with Gasteiger partial charge >= 0.3 is 0 Å². The van der Waals surface area contributed by atoms with E-state index in [1.807, 2.05) is 12.1 Å². The van der Waals surface area contributed by atoms with Crippen LogP contribution in [-0.4, -0.2) is 5.11 Å². The van der Waals surface area contributed by atoms with Gasteiger partial charge in [0.2, 0.25) is 0 Å². The minimum Gasteiger partial charge on any atom is -0.392 e. The monoisotopic (exact) mass is 312 g/mol. The summed E-state index contributed by atoms with van der Waals surface area (Å²) in [6, 6.07) is 27.5. The fourth-order valence-electron chi connectivity index (χ4n) is 3.77. The van der Waals surface area contributed by atoms with E-state index >= 15 is 0 Å². The lowest BCUT2D eigenvalue weighted by Gasteiger charge is -2.33. The van der Waals surface area contributed by atoms with Crippen molar-refractivity contribution in [1.29, 1.82) is 0 Å². The van der Waals surface area contributed by atoms with E-state index in [4.69, 9.17) is 0 Å². The lowest BCUT2D eigenvalue weighted by Crippen LogP contribution is -2.39. The molecule has 1 heteroatoms. The lowest BCUT2D eigenvalue weighted by molar-refractivity contribution is 0.280. The summed E-state index contributed by atoms with van der Waals surface area (Å²) in [5, 5.41) is 12.0. The van der Waals surface area contributed by atoms with Crippen LogP contribution in [0.15, 0.2) is 78.9 Å². The highest BCUT2D eigenvalue weighted by atomic mass is 16.3. The molecular weight excluding hydrogens is 292 g/mol. The lowest BCUT2D eigenvalue weighted by atomic mass is 9.69. The van der Waals surface area contributed by atoms with Gasteiger partial charge in [-0.3, -0.25) is 0 Å². The summed E-state index contributed by atoms with van der Waals surface area (Å²) in [6.07, 6.45) is 5.54. The highest BCUT2D eigenvalue weighted by Gasteiger charge is 2.32. The SMILES string of the molecule is OCc1cccc2c1=CCC(c1ccccc1)(c1ccccc1)C=2. The molecule has 0 heterocycles. The summed E-state index contributed by atoms with van der Waals surface area (Å²) in [7, 11) is 0. The van der Waals surface area contributed by atoms with Crippen LogP contribution in [0.2, 0.25) is 0 Å². The van der Waals surface area contributed by atoms with Crippen molar-refractivity contribution < 1.29 is 5.11 Å². The Morgan fingerprint density at radius 2 is 1.38 bits per heavy atom. The Morgan fingerprint density at radius 1 is 0.750 bits per heavy atom. The van der Waals surface area contributed by atoms with Crippen molar-refractivity contribution in [2.24, 2.45) is 0 Å². The third-order valence-corrected chi connectivity index (χ3v) is 5.01. The molecule has 1 N–H and O–H groups in total. The predicted octanol–water partition coefficient (Wildman–Crippen LogP) is 3.13. The molecule has 1 aliphatic carbocycles. The zero-order chi connectivity index (χ0) is 16.4. The highest BCUT2D eigenvalue weighted by molar-refractivity contribution is 5.62. The Hall–Kier alpha value is -2.64. The molecule has 24 heavy (non-hydrogen) atoms. The van der Waals surface area contributed by atoms with Crippen molar-refractivity contribution in [3.8, 4) is 0 Å². The minimum atomic E-state index is -0.163. The fraction of sp³-hybridized carbons (Fsp3) is 0.130. The van der Waals surface area contributed by atoms with Crippen LogP contribution in [0.5, 0.6) is 0 Å². The quantitative estimate of drug-likeness (QED) is 0.788. The number of hydrogen-bond donors (Lipinski definition) is 1. The first kappa shape index (κ1) is 14.9. The maximum Gasteiger partial charge on any atom is 0.0687 e. The third-order valence-electron chi connectivity index (χ3n) is 5.01. The van der Waals surface area contributed by atoms with E-state index < -0.39 is 0 Å². The zero-order valence-corrected chi connectivity index (χ0v) is 13.5. The number of rotatable bonds is 3. The van der Waals surface area contributed by atoms with Crippen molar-refractivity contribution in [1.82, 2.24) is 0 Å². The first-order valence-corrected chi connectivity index (χ1v) is 8.36. The highest BCUT2D eigenvalue weighted by Crippen LogP contribution is 2.38. The zero-order valence-electron chi connectivity index (χ0n) is 13.5. The van der Waals surface area contributed by atoms with Crippen LogP contribution in [0.4, 0.5) is 0 Å². The van der Waals surface area contributed by atoms with Gasteiger partial charge in [-0.2, -0.15) is 0 Å². The number of benzene rings is 3. The Labute approximate surface area is 142 Å². The molecule has 4 rings (SSSR count). The van der Waals surface area contributed by atoms with E-state index in [0.29, 0.717) is 0 Å². The molecule has 0 saturated heterocycles. The number of fused-ring (bicyclic) bond motifs is 1. The van der Waals surface area contributed by atoms with Gasteiger partial charge in [-0.1, -0.05) is 91.0 Å². The molecular formula is C23H20O. The van der Waals surface area contributed by atoms with E-state index in [-0.39, 0.29) is 12.0 Å². The van der Waals surface area contributed by atoms with E-state index in [0.717, 1.165) is 12.0 Å². The molecule has 0 fully saturated rings. The first-order valence-electron chi connectivity index (χ1n) is 8.36. The van der Waals surface area contributed by atoms with Crippen molar-refractivity contribution in [2.75, 3.05) is 0 Å². The van der Waals surface area contributed by atoms with Crippen LogP contribution in [0, 0.1) is 0 Å². The molecule has 0 spiro atoms. The van der Waals surface area contributed by atoms with E-state index in [1.165, 1.54) is 21.6 Å². The normalized spacial score (nSPS) is 15.0. The molecule has 1 aliphatic rings. The van der Waals surface area contributed by atoms with Gasteiger partial charge in [0.1, 0.15) is 0 Å². The van der Waals surface area contributed by atoms with Crippen LogP contribution < -0.4 is 10.4 Å². The van der Waals surface area contributed by atoms with Gasteiger partial charge in [-0.25, -0.2) is 0 Å². The molecule has 0 bridgehead atoms. The summed E-state index contributed by atoms with van der Waals surface area (Å²) >= 11 is 0. The molecule has 0 radical (unpaired) electrons. The molecule has 0 atom stereocenters. The van der Waals surface area contributed by atoms with Gasteiger partial charge < -0.3 is 5.11 Å². The standard InChI is InChI=1S/C23H20O/c24-17-19-9-7-8-18-16-23(15-14-22(18)19,20-10-3-1-4-11-20)21-12-5-2-6-13-21/h1-14,16,24H,15,17H2. The molecule has 0 saturated carbocycles. The van der Waals surface area contributed by atoms with Crippen molar-refractivity contribution in [2.45, 2.75) is 18.4 Å². The molecule has 0 aromatic heterocycles. The van der Waals surface area contributed by atoms with Crippen LogP contribution in [-0.2, 0) is 12.0 Å². The number of aliphatic hydroxyl groups excluding tert-OH is 1. The summed E-state index contributed by atoms with van der Waals surface area (Å²) in [5.41, 5.74) is 3.43. The number of hydrogen-bond acceptors (Lipinski definition) is 1. The average Bonchev–Trinajstić information content (AvgIpc) is 2.68. The second-order valence-electron chi connectivity index (χ2n) is 6.33. The number of aliphatic hydroxyl groups is 1. The van der Waals surface area contributed by atoms with Crippen LogP contribution in [0.3, 0.4) is 0 Å². The Kier molecular flexibility index (Phi) is 3.79. The largest absolute Gasteiger partial charge is 0.392 e. The fourth-order valence-corrected chi connectivity index (χ4v) is 3.77. The smallest absolute Gasteiger partial charge is 0.0687 e. The first-order chi connectivity index (χ1) is 11.8. The molecule has 3 aromatic carbocycles. The average molecular weight is 312 g/mol. The maximum absolute atomic E-state index is 9.62. The second kappa shape index (κ2) is 6.10. The van der Waals surface area contributed by atoms with Gasteiger partial charge in [0.25, 0.3) is 0 Å². The van der Waals surface area contributed by atoms with E-state index in [2.05, 4.69) is 78.9 Å². The second-order valence-corrected chi connectivity index (χ2v) is 6.33. The van der Waals surface area contributed by atoms with Gasteiger partial charge in [0.05, 0.1) is 6.61 Å². The van der Waals surface area contributed by atoms with Gasteiger partial charge in [0.15, 0.2) is 0 Å². The predicted molar refractivity (Wildman–Crippen MR) is 98.8 cm³/mol. The van der Waals surface area contributed by atoms with Crippen LogP contribution >= 0.6 is 0 Å². The molecule has 0 unspecified atom stereocenters. The summed E-state index contributed by atoms with van der Waals surface area (Å²) in [4.78, 5) is 0. The van der Waals surface area contributed by atoms with Gasteiger partial charge in [-0.05, 0) is 33.5 Å². The van der Waals surface area contributed by atoms with Crippen molar-refractivity contribution >= 4 is 12.2 Å². The third kappa shape index (κ3) is 2.38. The molecule has 0 amide bonds. The van der Waals surface area contributed by atoms with Crippen molar-refractivity contribution in [3.63, 3.8) is 0 Å². The Morgan fingerprint density at radius 3 is 1.96 bits per heavy atom. The van der Waals surface area contributed by atoms with Gasteiger partial charge in [0, 0.05) is 5.41 Å². The minimum absolute atomic E-state index is 0.0805. The molecule has 0 aliphatic heterocycles. The van der Waals surface area contributed by atoms with Crippen molar-refractivity contribution in [3.05, 3.63) is 106 Å². The molecule has 1 nitrogen and oxygen atoms in total.